The van der Waals surface area contributed by atoms with Crippen molar-refractivity contribution in [3.8, 4) is 0 Å². The van der Waals surface area contributed by atoms with E-state index in [1.165, 1.54) is 0 Å². The topological polar surface area (TPSA) is 60.9 Å². The average Bonchev–Trinajstić information content (AvgIpc) is 2.45. The van der Waals surface area contributed by atoms with E-state index in [4.69, 9.17) is 5.11 Å². The number of carbonyl (C=O) groups is 2. The lowest BCUT2D eigenvalue weighted by molar-refractivity contribution is -0.141. The smallest absolute Gasteiger partial charge is 0.307 e. The number of likely N-dealkylation sites (N-methyl/N-ethyl adjacent to an activating group) is 1. The number of rotatable bonds is 9. The van der Waals surface area contributed by atoms with E-state index in [2.05, 4.69) is 0 Å². The van der Waals surface area contributed by atoms with E-state index < -0.39 is 11.9 Å². The number of aliphatic carboxylic acids is 1. The summed E-state index contributed by atoms with van der Waals surface area (Å²) < 4.78 is 0. The van der Waals surface area contributed by atoms with Gasteiger partial charge in [-0.1, -0.05) is 37.3 Å². The Morgan fingerprint density at radius 3 is 2.29 bits per heavy atom. The van der Waals surface area contributed by atoms with Crippen molar-refractivity contribution in [2.24, 2.45) is 5.92 Å². The van der Waals surface area contributed by atoms with Gasteiger partial charge in [0.2, 0.25) is 0 Å². The lowest BCUT2D eigenvalue weighted by Crippen LogP contribution is -2.39. The Bertz CT molecular complexity index is 460. The fraction of sp³-hybridized carbons (Fsp3) is 0.500. The largest absolute Gasteiger partial charge is 0.481 e. The number of Topliss-reactive ketones (excluding diaryl/α,β-unsaturated/α-hetero) is 1. The quantitative estimate of drug-likeness (QED) is 0.698. The molecule has 0 bridgehead atoms. The monoisotopic (exact) mass is 292 g/mol. The highest BCUT2D eigenvalue weighted by molar-refractivity contribution is 5.97. The van der Waals surface area contributed by atoms with E-state index in [0.29, 0.717) is 18.7 Å². The number of hydrogen-bond acceptors (Lipinski definition) is 4. The molecular formula is C16H24N2O3. The lowest BCUT2D eigenvalue weighted by atomic mass is 10.1. The van der Waals surface area contributed by atoms with E-state index >= 15 is 0 Å². The van der Waals surface area contributed by atoms with E-state index in [1.54, 1.807) is 19.1 Å². The summed E-state index contributed by atoms with van der Waals surface area (Å²) in [5.41, 5.74) is 0.662. The minimum absolute atomic E-state index is 0.0203. The zero-order valence-electron chi connectivity index (χ0n) is 13.0. The van der Waals surface area contributed by atoms with E-state index in [1.807, 2.05) is 42.1 Å². The Morgan fingerprint density at radius 2 is 1.76 bits per heavy atom. The molecule has 0 aromatic heterocycles. The molecule has 116 valence electrons. The Kier molecular flexibility index (Phi) is 7.05. The van der Waals surface area contributed by atoms with Gasteiger partial charge in [0.15, 0.2) is 5.78 Å². The summed E-state index contributed by atoms with van der Waals surface area (Å²) in [5.74, 6) is -1.31. The van der Waals surface area contributed by atoms with E-state index in [-0.39, 0.29) is 12.3 Å². The first-order valence-electron chi connectivity index (χ1n) is 7.08. The minimum Gasteiger partial charge on any atom is -0.481 e. The normalized spacial score (nSPS) is 12.6. The molecule has 0 heterocycles. The maximum Gasteiger partial charge on any atom is 0.307 e. The predicted molar refractivity (Wildman–Crippen MR) is 82.6 cm³/mol. The second-order valence-electron chi connectivity index (χ2n) is 5.57. The Balaban J connectivity index is 2.67. The predicted octanol–water partition coefficient (Wildman–Crippen LogP) is 1.45. The summed E-state index contributed by atoms with van der Waals surface area (Å²) in [4.78, 5) is 27.2. The number of hydrogen-bond donors (Lipinski definition) is 1. The molecule has 0 saturated heterocycles. The molecule has 1 atom stereocenters. The first kappa shape index (κ1) is 17.3. The third-order valence-corrected chi connectivity index (χ3v) is 3.28. The minimum atomic E-state index is -0.836. The van der Waals surface area contributed by atoms with Crippen molar-refractivity contribution in [3.63, 3.8) is 0 Å². The molecule has 1 aromatic rings. The first-order valence-corrected chi connectivity index (χ1v) is 7.08. The Hall–Kier alpha value is -1.72. The molecule has 0 spiro atoms. The molecule has 0 aliphatic rings. The van der Waals surface area contributed by atoms with Gasteiger partial charge in [-0.25, -0.2) is 0 Å². The van der Waals surface area contributed by atoms with Gasteiger partial charge in [0.1, 0.15) is 0 Å². The van der Waals surface area contributed by atoms with E-state index in [0.717, 1.165) is 6.54 Å². The average molecular weight is 292 g/mol. The van der Waals surface area contributed by atoms with Crippen LogP contribution in [0.2, 0.25) is 0 Å². The summed E-state index contributed by atoms with van der Waals surface area (Å²) in [6.07, 6.45) is 0. The first-order chi connectivity index (χ1) is 9.90. The summed E-state index contributed by atoms with van der Waals surface area (Å²) in [5, 5.41) is 9.04. The van der Waals surface area contributed by atoms with Crippen LogP contribution in [0.1, 0.15) is 17.3 Å². The van der Waals surface area contributed by atoms with Crippen LogP contribution in [-0.2, 0) is 4.79 Å². The Labute approximate surface area is 126 Å². The molecule has 1 rings (SSSR count). The van der Waals surface area contributed by atoms with E-state index in [9.17, 15) is 9.59 Å². The number of nitrogens with zero attached hydrogens (tertiary/aromatic N) is 2. The third kappa shape index (κ3) is 6.51. The second-order valence-corrected chi connectivity index (χ2v) is 5.57. The van der Waals surface area contributed by atoms with Gasteiger partial charge in [-0.15, -0.1) is 0 Å². The van der Waals surface area contributed by atoms with Crippen molar-refractivity contribution in [3.05, 3.63) is 35.9 Å². The highest BCUT2D eigenvalue weighted by Gasteiger charge is 2.19. The lowest BCUT2D eigenvalue weighted by Gasteiger charge is -2.25. The van der Waals surface area contributed by atoms with Crippen molar-refractivity contribution in [2.45, 2.75) is 6.92 Å². The number of ketones is 1. The van der Waals surface area contributed by atoms with Crippen LogP contribution in [0.25, 0.3) is 0 Å². The number of carbonyl (C=O) groups excluding carboxylic acids is 1. The molecule has 0 amide bonds. The van der Waals surface area contributed by atoms with Gasteiger partial charge in [0, 0.05) is 25.2 Å². The molecule has 0 radical (unpaired) electrons. The molecule has 5 nitrogen and oxygen atoms in total. The van der Waals surface area contributed by atoms with Crippen LogP contribution < -0.4 is 0 Å². The van der Waals surface area contributed by atoms with Crippen LogP contribution in [0.3, 0.4) is 0 Å². The summed E-state index contributed by atoms with van der Waals surface area (Å²) in [6, 6.07) is 9.10. The van der Waals surface area contributed by atoms with Crippen molar-refractivity contribution in [1.29, 1.82) is 0 Å². The highest BCUT2D eigenvalue weighted by atomic mass is 16.4. The van der Waals surface area contributed by atoms with Crippen molar-refractivity contribution >= 4 is 11.8 Å². The van der Waals surface area contributed by atoms with Crippen LogP contribution in [0, 0.1) is 5.92 Å². The van der Waals surface area contributed by atoms with Crippen LogP contribution in [0.4, 0.5) is 0 Å². The molecule has 0 fully saturated rings. The van der Waals surface area contributed by atoms with Crippen LogP contribution in [0.5, 0.6) is 0 Å². The second kappa shape index (κ2) is 8.54. The molecule has 0 saturated carbocycles. The van der Waals surface area contributed by atoms with Crippen molar-refractivity contribution in [1.82, 2.24) is 9.80 Å². The fourth-order valence-corrected chi connectivity index (χ4v) is 1.96. The van der Waals surface area contributed by atoms with Gasteiger partial charge in [-0.05, 0) is 14.1 Å². The zero-order chi connectivity index (χ0) is 15.8. The van der Waals surface area contributed by atoms with Gasteiger partial charge < -0.3 is 10.0 Å². The summed E-state index contributed by atoms with van der Waals surface area (Å²) in [7, 11) is 3.91. The molecule has 21 heavy (non-hydrogen) atoms. The molecule has 1 N–H and O–H groups in total. The van der Waals surface area contributed by atoms with Gasteiger partial charge in [-0.3, -0.25) is 14.5 Å². The van der Waals surface area contributed by atoms with Crippen LogP contribution in [0.15, 0.2) is 30.3 Å². The maximum absolute atomic E-state index is 12.2. The molecule has 5 heteroatoms. The van der Waals surface area contributed by atoms with Gasteiger partial charge >= 0.3 is 5.97 Å². The summed E-state index contributed by atoms with van der Waals surface area (Å²) in [6.45, 7) is 3.74. The molecule has 0 aliphatic carbocycles. The highest BCUT2D eigenvalue weighted by Crippen LogP contribution is 2.05. The fourth-order valence-electron chi connectivity index (χ4n) is 1.96. The Morgan fingerprint density at radius 1 is 1.14 bits per heavy atom. The number of carboxylic acids is 1. The van der Waals surface area contributed by atoms with Crippen LogP contribution >= 0.6 is 0 Å². The maximum atomic E-state index is 12.2. The van der Waals surface area contributed by atoms with Crippen molar-refractivity contribution < 1.29 is 14.7 Å². The zero-order valence-corrected chi connectivity index (χ0v) is 13.0. The van der Waals surface area contributed by atoms with Crippen molar-refractivity contribution in [2.75, 3.05) is 40.3 Å². The number of benzene rings is 1. The third-order valence-electron chi connectivity index (χ3n) is 3.28. The van der Waals surface area contributed by atoms with Crippen LogP contribution in [-0.4, -0.2) is 66.9 Å². The standard InChI is InChI=1S/C16H24N2O3/c1-13(16(20)21)11-18(10-9-17(2)3)12-15(19)14-7-5-4-6-8-14/h4-8,13H,9-12H2,1-3H3,(H,20,21). The molecule has 1 aromatic carbocycles. The summed E-state index contributed by atoms with van der Waals surface area (Å²) >= 11 is 0. The molecular weight excluding hydrogens is 268 g/mol. The SMILES string of the molecule is CC(CN(CCN(C)C)CC(=O)c1ccccc1)C(=O)O. The number of carboxylic acid groups (broad SMARTS) is 1. The molecule has 0 aliphatic heterocycles. The van der Waals surface area contributed by atoms with Gasteiger partial charge in [-0.2, -0.15) is 0 Å². The van der Waals surface area contributed by atoms with Gasteiger partial charge in [0.25, 0.3) is 0 Å². The van der Waals surface area contributed by atoms with Gasteiger partial charge in [0.05, 0.1) is 12.5 Å². The molecule has 1 unspecified atom stereocenters.